The smallest absolute Gasteiger partial charge is 0.251 e. The van der Waals surface area contributed by atoms with Crippen LogP contribution in [0.4, 0.5) is 4.39 Å². The second kappa shape index (κ2) is 12.4. The monoisotopic (exact) mass is 512 g/mol. The fraction of sp³-hybridized carbons (Fsp3) is 0.364. The zero-order chi connectivity index (χ0) is 20.5. The van der Waals surface area contributed by atoms with Gasteiger partial charge in [-0.1, -0.05) is 31.2 Å². The summed E-state index contributed by atoms with van der Waals surface area (Å²) in [6, 6.07) is 12.8. The molecule has 0 saturated carbocycles. The van der Waals surface area contributed by atoms with Crippen LogP contribution in [0.2, 0.25) is 0 Å². The molecule has 0 aromatic heterocycles. The van der Waals surface area contributed by atoms with Crippen LogP contribution in [0, 0.1) is 12.7 Å². The summed E-state index contributed by atoms with van der Waals surface area (Å²) in [5, 5.41) is 9.35. The Balaban J connectivity index is 0.00000420. The number of halogens is 2. The number of carbonyl (C=O) groups excluding carboxylic acids is 1. The van der Waals surface area contributed by atoms with Crippen LogP contribution in [0.3, 0.4) is 0 Å². The first-order chi connectivity index (χ1) is 13.4. The minimum Gasteiger partial charge on any atom is -0.352 e. The van der Waals surface area contributed by atoms with E-state index in [0.717, 1.165) is 17.5 Å². The molecule has 0 radical (unpaired) electrons. The maximum atomic E-state index is 13.7. The fourth-order valence-electron chi connectivity index (χ4n) is 2.57. The number of rotatable bonds is 7. The van der Waals surface area contributed by atoms with Crippen molar-refractivity contribution in [1.29, 1.82) is 0 Å². The number of aliphatic imine (C=N–C) groups is 1. The summed E-state index contributed by atoms with van der Waals surface area (Å²) in [7, 11) is 1.68. The van der Waals surface area contributed by atoms with Gasteiger partial charge in [-0.2, -0.15) is 0 Å². The van der Waals surface area contributed by atoms with Gasteiger partial charge in [0.25, 0.3) is 5.91 Å². The molecule has 0 saturated heterocycles. The van der Waals surface area contributed by atoms with Gasteiger partial charge in [0.05, 0.1) is 0 Å². The van der Waals surface area contributed by atoms with Crippen molar-refractivity contribution in [2.45, 2.75) is 46.3 Å². The van der Waals surface area contributed by atoms with E-state index >= 15 is 0 Å². The predicted octanol–water partition coefficient (Wildman–Crippen LogP) is 4.15. The van der Waals surface area contributed by atoms with Crippen LogP contribution in [-0.4, -0.2) is 25.0 Å². The number of guanidine groups is 1. The number of amides is 1. The van der Waals surface area contributed by atoms with Crippen molar-refractivity contribution in [1.82, 2.24) is 16.0 Å². The van der Waals surface area contributed by atoms with Crippen LogP contribution in [0.1, 0.15) is 47.3 Å². The Bertz CT molecular complexity index is 841. The van der Waals surface area contributed by atoms with Gasteiger partial charge >= 0.3 is 0 Å². The van der Waals surface area contributed by atoms with Crippen LogP contribution in [0.15, 0.2) is 47.5 Å². The predicted molar refractivity (Wildman–Crippen MR) is 127 cm³/mol. The summed E-state index contributed by atoms with van der Waals surface area (Å²) >= 11 is 0. The van der Waals surface area contributed by atoms with E-state index in [9.17, 15) is 9.18 Å². The Kier molecular flexibility index (Phi) is 10.6. The van der Waals surface area contributed by atoms with E-state index in [4.69, 9.17) is 0 Å². The van der Waals surface area contributed by atoms with Gasteiger partial charge in [0, 0.05) is 31.7 Å². The Morgan fingerprint density at radius 1 is 1.10 bits per heavy atom. The highest BCUT2D eigenvalue weighted by atomic mass is 127. The second-order valence-corrected chi connectivity index (χ2v) is 6.85. The van der Waals surface area contributed by atoms with E-state index in [1.165, 1.54) is 6.07 Å². The highest BCUT2D eigenvalue weighted by molar-refractivity contribution is 14.0. The number of nitrogens with zero attached hydrogens (tertiary/aromatic N) is 1. The molecule has 2 aromatic carbocycles. The molecule has 2 rings (SSSR count). The molecule has 158 valence electrons. The lowest BCUT2D eigenvalue weighted by Gasteiger charge is -2.14. The molecule has 0 bridgehead atoms. The van der Waals surface area contributed by atoms with Crippen LogP contribution in [0.5, 0.6) is 0 Å². The quantitative estimate of drug-likeness (QED) is 0.297. The van der Waals surface area contributed by atoms with Crippen molar-refractivity contribution in [3.63, 3.8) is 0 Å². The van der Waals surface area contributed by atoms with Gasteiger partial charge in [-0.05, 0) is 55.2 Å². The Labute approximate surface area is 189 Å². The van der Waals surface area contributed by atoms with E-state index < -0.39 is 0 Å². The van der Waals surface area contributed by atoms with Crippen molar-refractivity contribution in [2.24, 2.45) is 4.99 Å². The average Bonchev–Trinajstić information content (AvgIpc) is 2.70. The molecule has 1 atom stereocenters. The SMILES string of the molecule is CCC(C)NC(=O)c1cccc(CNC(=NC)NCc2ccc(C)c(F)c2)c1.I. The summed E-state index contributed by atoms with van der Waals surface area (Å²) in [5.41, 5.74) is 3.08. The summed E-state index contributed by atoms with van der Waals surface area (Å²) < 4.78 is 13.7. The highest BCUT2D eigenvalue weighted by Crippen LogP contribution is 2.09. The van der Waals surface area contributed by atoms with Crippen molar-refractivity contribution < 1.29 is 9.18 Å². The fourth-order valence-corrected chi connectivity index (χ4v) is 2.57. The van der Waals surface area contributed by atoms with Crippen molar-refractivity contribution >= 4 is 35.8 Å². The minimum atomic E-state index is -0.213. The summed E-state index contributed by atoms with van der Waals surface area (Å²) in [6.45, 7) is 6.75. The molecule has 0 aliphatic heterocycles. The molecule has 0 spiro atoms. The zero-order valence-electron chi connectivity index (χ0n) is 17.4. The van der Waals surface area contributed by atoms with Crippen LogP contribution in [-0.2, 0) is 13.1 Å². The van der Waals surface area contributed by atoms with Crippen LogP contribution >= 0.6 is 24.0 Å². The topological polar surface area (TPSA) is 65.5 Å². The Hall–Kier alpha value is -2.16. The maximum Gasteiger partial charge on any atom is 0.251 e. The van der Waals surface area contributed by atoms with Gasteiger partial charge in [-0.15, -0.1) is 24.0 Å². The lowest BCUT2D eigenvalue weighted by atomic mass is 10.1. The van der Waals surface area contributed by atoms with Gasteiger partial charge in [0.1, 0.15) is 5.82 Å². The molecule has 29 heavy (non-hydrogen) atoms. The second-order valence-electron chi connectivity index (χ2n) is 6.85. The molecular formula is C22H30FIN4O. The Morgan fingerprint density at radius 2 is 1.76 bits per heavy atom. The van der Waals surface area contributed by atoms with E-state index in [-0.39, 0.29) is 41.7 Å². The first-order valence-corrected chi connectivity index (χ1v) is 9.52. The van der Waals surface area contributed by atoms with Crippen molar-refractivity contribution in [2.75, 3.05) is 7.05 Å². The Morgan fingerprint density at radius 3 is 2.34 bits per heavy atom. The highest BCUT2D eigenvalue weighted by Gasteiger charge is 2.09. The molecule has 2 aromatic rings. The average molecular weight is 512 g/mol. The number of carbonyl (C=O) groups is 1. The third-order valence-electron chi connectivity index (χ3n) is 4.56. The molecule has 0 fully saturated rings. The maximum absolute atomic E-state index is 13.7. The first kappa shape index (κ1) is 24.9. The summed E-state index contributed by atoms with van der Waals surface area (Å²) in [5.74, 6) is 0.324. The van der Waals surface area contributed by atoms with Crippen LogP contribution < -0.4 is 16.0 Å². The van der Waals surface area contributed by atoms with Gasteiger partial charge < -0.3 is 16.0 Å². The standard InChI is InChI=1S/C22H29FN4O.HI/c1-5-16(3)27-21(28)19-8-6-7-17(11-19)13-25-22(24-4)26-14-18-10-9-15(2)20(23)12-18;/h6-12,16H,5,13-14H2,1-4H3,(H,27,28)(H2,24,25,26);1H. The third-order valence-corrected chi connectivity index (χ3v) is 4.56. The van der Waals surface area contributed by atoms with E-state index in [1.54, 1.807) is 26.1 Å². The number of benzene rings is 2. The van der Waals surface area contributed by atoms with Gasteiger partial charge in [-0.25, -0.2) is 4.39 Å². The summed E-state index contributed by atoms with van der Waals surface area (Å²) in [6.07, 6.45) is 0.889. The van der Waals surface area contributed by atoms with Crippen LogP contribution in [0.25, 0.3) is 0 Å². The van der Waals surface area contributed by atoms with Gasteiger partial charge in [-0.3, -0.25) is 9.79 Å². The molecular weight excluding hydrogens is 482 g/mol. The molecule has 1 unspecified atom stereocenters. The number of aryl methyl sites for hydroxylation is 1. The third kappa shape index (κ3) is 8.00. The molecule has 1 amide bonds. The van der Waals surface area contributed by atoms with E-state index in [0.29, 0.717) is 30.2 Å². The van der Waals surface area contributed by atoms with Gasteiger partial charge in [0.15, 0.2) is 5.96 Å². The van der Waals surface area contributed by atoms with Gasteiger partial charge in [0.2, 0.25) is 0 Å². The molecule has 7 heteroatoms. The number of hydrogen-bond donors (Lipinski definition) is 3. The number of hydrogen-bond acceptors (Lipinski definition) is 2. The molecule has 3 N–H and O–H groups in total. The normalized spacial score (nSPS) is 12.0. The first-order valence-electron chi connectivity index (χ1n) is 9.52. The number of nitrogens with one attached hydrogen (secondary N) is 3. The lowest BCUT2D eigenvalue weighted by Crippen LogP contribution is -2.36. The molecule has 0 heterocycles. The van der Waals surface area contributed by atoms with E-state index in [2.05, 4.69) is 20.9 Å². The largest absolute Gasteiger partial charge is 0.352 e. The summed E-state index contributed by atoms with van der Waals surface area (Å²) in [4.78, 5) is 16.5. The minimum absolute atomic E-state index is 0. The molecule has 5 nitrogen and oxygen atoms in total. The van der Waals surface area contributed by atoms with Crippen molar-refractivity contribution in [3.05, 3.63) is 70.5 Å². The lowest BCUT2D eigenvalue weighted by molar-refractivity contribution is 0.0939. The molecule has 0 aliphatic rings. The van der Waals surface area contributed by atoms with Crippen molar-refractivity contribution in [3.8, 4) is 0 Å². The zero-order valence-corrected chi connectivity index (χ0v) is 19.7. The molecule has 0 aliphatic carbocycles. The van der Waals surface area contributed by atoms with E-state index in [1.807, 2.05) is 38.1 Å².